The van der Waals surface area contributed by atoms with Crippen molar-refractivity contribution >= 4 is 87.0 Å². The number of ether oxygens (including phenoxy) is 1. The number of carbonyl (C=O) groups excluding carboxylic acids is 10. The summed E-state index contributed by atoms with van der Waals surface area (Å²) in [7, 11) is 1.46. The van der Waals surface area contributed by atoms with Crippen LogP contribution in [0.1, 0.15) is 106 Å². The Kier molecular flexibility index (Phi) is 24.4. The van der Waals surface area contributed by atoms with Crippen molar-refractivity contribution in [3.05, 3.63) is 143 Å². The summed E-state index contributed by atoms with van der Waals surface area (Å²) in [6.45, 7) is 3.65. The number of alkyl halides is 1. The van der Waals surface area contributed by atoms with Gasteiger partial charge in [0, 0.05) is 79.3 Å². The Labute approximate surface area is 569 Å². The summed E-state index contributed by atoms with van der Waals surface area (Å²) in [6.07, 6.45) is 3.80. The van der Waals surface area contributed by atoms with Gasteiger partial charge in [-0.05, 0) is 149 Å². The zero-order valence-electron chi connectivity index (χ0n) is 55.6. The number of methoxy groups -OCH3 is 1. The smallest absolute Gasteiger partial charge is 0.246 e. The molecule has 0 saturated carbocycles. The number of rotatable bonds is 13. The van der Waals surface area contributed by atoms with Gasteiger partial charge in [0.25, 0.3) is 0 Å². The van der Waals surface area contributed by atoms with E-state index in [0.717, 1.165) is 10.5 Å². The molecule has 10 rings (SSSR count). The van der Waals surface area contributed by atoms with Crippen LogP contribution in [-0.2, 0) is 73.6 Å². The van der Waals surface area contributed by atoms with Gasteiger partial charge in [-0.3, -0.25) is 47.9 Å². The van der Waals surface area contributed by atoms with Crippen LogP contribution in [0.3, 0.4) is 0 Å². The molecular formula is C71H86F3N13O12. The van der Waals surface area contributed by atoms with E-state index in [0.29, 0.717) is 77.5 Å². The minimum atomic E-state index is -1.89. The molecule has 2 fully saturated rings. The topological polar surface area (TPSA) is 374 Å². The lowest BCUT2D eigenvalue weighted by molar-refractivity contribution is -0.147. The lowest BCUT2D eigenvalue weighted by atomic mass is 9.94. The SMILES string of the molecule is COc1ccc(C[C@@H]2NC(=O)[C@H]([C@@H](C)O)NC(=O)[C@@H]3C[C@H](F)CN3C(=O)[C@H](Cc3c[nH]c4ccc(F)cc34)NC(=O)[C@H](Cc3c[nH]c4ccc(F)cc34)NC(=O)[C@@H](C)NC(=O)[C@H](CCCCN)NC(=O)CCCC=Cc3ccc(cc3)C[C@@H](C(N)=O)NC(=O)[C@]3(C)CCCN3C2=O)cc1. The second kappa shape index (κ2) is 33.0. The van der Waals surface area contributed by atoms with Crippen LogP contribution < -0.4 is 53.4 Å². The number of amides is 10. The van der Waals surface area contributed by atoms with Gasteiger partial charge in [-0.15, -0.1) is 0 Å². The number of fused-ring (bicyclic) bond motifs is 29. The zero-order chi connectivity index (χ0) is 71.2. The number of aliphatic hydroxyl groups excluding tert-OH is 1. The summed E-state index contributed by atoms with van der Waals surface area (Å²) in [5.74, 6) is -9.48. The Balaban J connectivity index is 1.06. The average Bonchev–Trinajstić information content (AvgIpc) is 1.69. The lowest BCUT2D eigenvalue weighted by Gasteiger charge is -2.37. The molecule has 528 valence electrons. The minimum absolute atomic E-state index is 0.0185. The van der Waals surface area contributed by atoms with Gasteiger partial charge in [0.15, 0.2) is 0 Å². The molecule has 25 nitrogen and oxygen atoms in total. The highest BCUT2D eigenvalue weighted by atomic mass is 19.1. The molecule has 28 heteroatoms. The second-order valence-corrected chi connectivity index (χ2v) is 25.9. The number of unbranched alkanes of at least 4 members (excludes halogenated alkanes) is 1. The number of hydrogen-bond acceptors (Lipinski definition) is 13. The molecule has 4 aromatic carbocycles. The zero-order valence-corrected chi connectivity index (χ0v) is 55.6. The van der Waals surface area contributed by atoms with Gasteiger partial charge in [-0.2, -0.15) is 0 Å². The minimum Gasteiger partial charge on any atom is -0.497 e. The summed E-state index contributed by atoms with van der Waals surface area (Å²) >= 11 is 0. The molecule has 2 saturated heterocycles. The molecule has 0 unspecified atom stereocenters. The van der Waals surface area contributed by atoms with Crippen molar-refractivity contribution in [3.8, 4) is 5.75 Å². The molecule has 10 amide bonds. The molecule has 6 aromatic rings. The molecule has 11 atom stereocenters. The summed E-state index contributed by atoms with van der Waals surface area (Å²) in [5, 5.41) is 30.7. The van der Waals surface area contributed by atoms with E-state index in [1.165, 1.54) is 81.6 Å². The molecule has 2 bridgehead atoms. The van der Waals surface area contributed by atoms with E-state index in [1.807, 2.05) is 12.2 Å². The van der Waals surface area contributed by atoms with Gasteiger partial charge in [0.1, 0.15) is 77.4 Å². The van der Waals surface area contributed by atoms with Gasteiger partial charge in [0.05, 0.1) is 19.8 Å². The number of carbonyl (C=O) groups is 10. The second-order valence-electron chi connectivity index (χ2n) is 25.9. The Morgan fingerprint density at radius 1 is 0.707 bits per heavy atom. The average molecular weight is 1370 g/mol. The number of H-pyrrole nitrogens is 2. The number of hydrogen-bond donors (Lipinski definition) is 12. The largest absolute Gasteiger partial charge is 0.497 e. The molecule has 0 radical (unpaired) electrons. The fourth-order valence-corrected chi connectivity index (χ4v) is 12.9. The predicted molar refractivity (Wildman–Crippen MR) is 361 cm³/mol. The predicted octanol–water partition coefficient (Wildman–Crippen LogP) is 3.13. The quantitative estimate of drug-likeness (QED) is 0.0585. The van der Waals surface area contributed by atoms with E-state index in [-0.39, 0.29) is 56.0 Å². The maximum Gasteiger partial charge on any atom is 0.246 e. The molecule has 0 spiro atoms. The molecule has 99 heavy (non-hydrogen) atoms. The number of nitrogens with two attached hydrogens (primary N) is 2. The number of aromatic amines is 2. The number of aromatic nitrogens is 2. The van der Waals surface area contributed by atoms with Crippen molar-refractivity contribution in [1.29, 1.82) is 0 Å². The van der Waals surface area contributed by atoms with E-state index in [2.05, 4.69) is 47.2 Å². The molecular weight excluding hydrogens is 1280 g/mol. The van der Waals surface area contributed by atoms with Crippen LogP contribution in [-0.4, -0.2) is 177 Å². The third-order valence-electron chi connectivity index (χ3n) is 18.6. The van der Waals surface area contributed by atoms with Gasteiger partial charge < -0.3 is 78.3 Å². The molecule has 0 aliphatic carbocycles. The van der Waals surface area contributed by atoms with E-state index < -0.39 is 156 Å². The van der Waals surface area contributed by atoms with Crippen molar-refractivity contribution in [3.63, 3.8) is 0 Å². The number of nitrogens with one attached hydrogen (secondary N) is 9. The third kappa shape index (κ3) is 18.4. The van der Waals surface area contributed by atoms with Crippen LogP contribution in [0.5, 0.6) is 5.75 Å². The van der Waals surface area contributed by atoms with Crippen molar-refractivity contribution in [1.82, 2.24) is 57.0 Å². The van der Waals surface area contributed by atoms with Crippen LogP contribution in [0, 0.1) is 11.6 Å². The number of aliphatic hydroxyl groups is 1. The fourth-order valence-electron chi connectivity index (χ4n) is 12.9. The molecule has 2 aromatic heterocycles. The maximum absolute atomic E-state index is 16.1. The fraction of sp³-hybridized carbons (Fsp3) is 0.437. The highest BCUT2D eigenvalue weighted by Gasteiger charge is 2.49. The normalized spacial score (nSPS) is 25.2. The van der Waals surface area contributed by atoms with E-state index >= 15 is 18.8 Å². The molecule has 14 N–H and O–H groups in total. The number of benzene rings is 4. The molecule has 6 heterocycles. The first-order chi connectivity index (χ1) is 47.3. The summed E-state index contributed by atoms with van der Waals surface area (Å²) in [4.78, 5) is 153. The summed E-state index contributed by atoms with van der Waals surface area (Å²) in [5.41, 5.74) is 13.5. The highest BCUT2D eigenvalue weighted by molar-refractivity contribution is 6.00. The first-order valence-corrected chi connectivity index (χ1v) is 33.3. The van der Waals surface area contributed by atoms with Crippen LogP contribution in [0.25, 0.3) is 27.9 Å². The lowest BCUT2D eigenvalue weighted by Crippen LogP contribution is -2.64. The first kappa shape index (κ1) is 73.2. The number of nitrogens with zero attached hydrogens (tertiary/aromatic N) is 2. The van der Waals surface area contributed by atoms with Crippen molar-refractivity contribution in [2.24, 2.45) is 11.5 Å². The number of primary amides is 1. The highest BCUT2D eigenvalue weighted by Crippen LogP contribution is 2.32. The van der Waals surface area contributed by atoms with Crippen LogP contribution >= 0.6 is 0 Å². The van der Waals surface area contributed by atoms with Gasteiger partial charge in [0.2, 0.25) is 59.1 Å². The first-order valence-electron chi connectivity index (χ1n) is 33.3. The van der Waals surface area contributed by atoms with Crippen LogP contribution in [0.4, 0.5) is 13.2 Å². The Bertz CT molecular complexity index is 3980. The monoisotopic (exact) mass is 1370 g/mol. The van der Waals surface area contributed by atoms with Crippen molar-refractivity contribution in [2.75, 3.05) is 26.7 Å². The standard InChI is InChI=1S/C71H86F3N13O12/c1-39-63(91)81-56(31-44-36-77-52-24-20-46(72)33-50(44)52)65(93)82-58(32-45-37-78-53-25-21-47(73)34-51(45)53)68(96)86-38-48(74)35-59(86)66(94)85-61(40(2)88)67(95)83-57(30-43-18-22-49(99-4)23-19-43)69(97)87-28-10-26-71(87,3)70(98)84-55(62(76)90)29-42-16-14-41(15-17-42)11-6-5-7-13-60(89)80-54(64(92)79-39)12-8-9-27-75/h6,11,14-25,33-34,36-37,39-40,48,54-59,61,77-78,88H,5,7-10,12-13,26-32,35,38,75H2,1-4H3,(H2,76,90)(H,79,92)(H,80,89)(H,81,91)(H,82,93)(H,83,95)(H,84,98)(H,85,94)/t39-,40-,48+,54+,55+,56+,57+,58+,59+,61+,71+/m1/s1. The van der Waals surface area contributed by atoms with Gasteiger partial charge in [-0.1, -0.05) is 48.6 Å². The van der Waals surface area contributed by atoms with Gasteiger partial charge >= 0.3 is 0 Å². The van der Waals surface area contributed by atoms with Crippen molar-refractivity contribution < 1.29 is 71.0 Å². The maximum atomic E-state index is 16.1. The van der Waals surface area contributed by atoms with E-state index in [4.69, 9.17) is 16.2 Å². The number of halogens is 3. The summed E-state index contributed by atoms with van der Waals surface area (Å²) in [6, 6.07) is 9.16. The van der Waals surface area contributed by atoms with Crippen LogP contribution in [0.15, 0.2) is 103 Å². The molecule has 4 aliphatic rings. The van der Waals surface area contributed by atoms with Gasteiger partial charge in [-0.25, -0.2) is 13.2 Å². The third-order valence-corrected chi connectivity index (χ3v) is 18.6. The Morgan fingerprint density at radius 2 is 1.32 bits per heavy atom. The van der Waals surface area contributed by atoms with Crippen molar-refractivity contribution in [2.45, 2.75) is 170 Å². The van der Waals surface area contributed by atoms with Crippen LogP contribution in [0.2, 0.25) is 0 Å². The number of allylic oxidation sites excluding steroid dienone is 1. The Hall–Kier alpha value is -10.1. The summed E-state index contributed by atoms with van der Waals surface area (Å²) < 4.78 is 51.4. The molecule has 4 aliphatic heterocycles. The Morgan fingerprint density at radius 3 is 1.95 bits per heavy atom. The van der Waals surface area contributed by atoms with E-state index in [9.17, 15) is 47.4 Å². The van der Waals surface area contributed by atoms with E-state index in [1.54, 1.807) is 48.5 Å².